The Bertz CT molecular complexity index is 516. The molecule has 1 rings (SSSR count). The van der Waals surface area contributed by atoms with Gasteiger partial charge in [0.2, 0.25) is 11.8 Å². The maximum Gasteiger partial charge on any atom is 0.338 e. The van der Waals surface area contributed by atoms with Gasteiger partial charge < -0.3 is 15.7 Å². The van der Waals surface area contributed by atoms with Crippen molar-refractivity contribution in [2.45, 2.75) is 13.3 Å². The fraction of sp³-hybridized carbons (Fsp3) is 0.250. The Kier molecular flexibility index (Phi) is 4.99. The molecule has 0 saturated carbocycles. The quantitative estimate of drug-likeness (QED) is 0.742. The lowest BCUT2D eigenvalue weighted by Gasteiger charge is -2.07. The fourth-order valence-electron chi connectivity index (χ4n) is 1.34. The zero-order chi connectivity index (χ0) is 14.4. The minimum Gasteiger partial charge on any atom is -0.478 e. The fourth-order valence-corrected chi connectivity index (χ4v) is 1.34. The topological polar surface area (TPSA) is 95.5 Å². The van der Waals surface area contributed by atoms with Gasteiger partial charge in [0.1, 0.15) is 5.82 Å². The van der Waals surface area contributed by atoms with Gasteiger partial charge in [-0.15, -0.1) is 0 Å². The number of hydrogen-bond donors (Lipinski definition) is 3. The van der Waals surface area contributed by atoms with E-state index in [1.807, 2.05) is 0 Å². The van der Waals surface area contributed by atoms with E-state index in [9.17, 15) is 18.8 Å². The van der Waals surface area contributed by atoms with Crippen LogP contribution in [0.4, 0.5) is 10.1 Å². The molecule has 1 aromatic rings. The number of amides is 2. The van der Waals surface area contributed by atoms with Crippen molar-refractivity contribution in [3.05, 3.63) is 29.6 Å². The number of carboxylic acid groups (broad SMARTS) is 1. The van der Waals surface area contributed by atoms with Crippen LogP contribution in [0, 0.1) is 5.82 Å². The van der Waals surface area contributed by atoms with Crippen molar-refractivity contribution >= 4 is 23.5 Å². The van der Waals surface area contributed by atoms with Crippen molar-refractivity contribution in [1.29, 1.82) is 0 Å². The number of rotatable bonds is 5. The molecule has 0 radical (unpaired) electrons. The summed E-state index contributed by atoms with van der Waals surface area (Å²) < 4.78 is 13.1. The number of carboxylic acids is 1. The number of carbonyl (C=O) groups excluding carboxylic acids is 2. The van der Waals surface area contributed by atoms with Crippen molar-refractivity contribution < 1.29 is 23.9 Å². The number of aromatic carboxylic acids is 1. The molecule has 0 aliphatic rings. The lowest BCUT2D eigenvalue weighted by molar-refractivity contribution is -0.119. The first-order valence-electron chi connectivity index (χ1n) is 5.47. The Balaban J connectivity index is 2.62. The number of halogens is 1. The van der Waals surface area contributed by atoms with Crippen molar-refractivity contribution in [3.63, 3.8) is 0 Å². The maximum absolute atomic E-state index is 13.1. The minimum absolute atomic E-state index is 0.0410. The third-order valence-corrected chi connectivity index (χ3v) is 2.21. The molecule has 1 aromatic carbocycles. The molecule has 0 aliphatic carbocycles. The molecule has 0 fully saturated rings. The Morgan fingerprint density at radius 3 is 2.58 bits per heavy atom. The van der Waals surface area contributed by atoms with Crippen LogP contribution in [0.3, 0.4) is 0 Å². The Hall–Kier alpha value is -2.44. The summed E-state index contributed by atoms with van der Waals surface area (Å²) in [6.07, 6.45) is 0.0410. The number of carbonyl (C=O) groups is 3. The minimum atomic E-state index is -1.41. The normalized spacial score (nSPS) is 9.79. The third kappa shape index (κ3) is 4.74. The summed E-state index contributed by atoms with van der Waals surface area (Å²) in [5, 5.41) is 13.6. The maximum atomic E-state index is 13.1. The van der Waals surface area contributed by atoms with E-state index in [1.165, 1.54) is 13.0 Å². The second kappa shape index (κ2) is 6.48. The van der Waals surface area contributed by atoms with Crippen molar-refractivity contribution in [3.8, 4) is 0 Å². The lowest BCUT2D eigenvalue weighted by Crippen LogP contribution is -2.25. The molecule has 3 N–H and O–H groups in total. The van der Waals surface area contributed by atoms with Gasteiger partial charge in [0.15, 0.2) is 0 Å². The molecule has 102 valence electrons. The van der Waals surface area contributed by atoms with Crippen molar-refractivity contribution in [2.75, 3.05) is 11.9 Å². The van der Waals surface area contributed by atoms with Crippen LogP contribution in [0.5, 0.6) is 0 Å². The van der Waals surface area contributed by atoms with E-state index in [4.69, 9.17) is 5.11 Å². The number of hydrogen-bond acceptors (Lipinski definition) is 3. The van der Waals surface area contributed by atoms with E-state index in [0.29, 0.717) is 0 Å². The van der Waals surface area contributed by atoms with Crippen molar-refractivity contribution in [1.82, 2.24) is 5.32 Å². The number of anilines is 1. The van der Waals surface area contributed by atoms with E-state index < -0.39 is 23.3 Å². The van der Waals surface area contributed by atoms with E-state index in [1.54, 1.807) is 0 Å². The van der Waals surface area contributed by atoms with Gasteiger partial charge in [-0.25, -0.2) is 9.18 Å². The predicted octanol–water partition coefficient (Wildman–Crippen LogP) is 0.989. The number of benzene rings is 1. The van der Waals surface area contributed by atoms with Gasteiger partial charge in [-0.1, -0.05) is 0 Å². The molecule has 0 unspecified atom stereocenters. The van der Waals surface area contributed by atoms with Crippen LogP contribution in [0.25, 0.3) is 0 Å². The van der Waals surface area contributed by atoms with Gasteiger partial charge in [-0.3, -0.25) is 9.59 Å². The molecule has 0 saturated heterocycles. The molecular formula is C12H13FN2O4. The molecule has 0 spiro atoms. The van der Waals surface area contributed by atoms with Gasteiger partial charge in [-0.05, 0) is 18.2 Å². The average molecular weight is 268 g/mol. The van der Waals surface area contributed by atoms with Crippen LogP contribution >= 0.6 is 0 Å². The first-order chi connectivity index (χ1) is 8.90. The van der Waals surface area contributed by atoms with E-state index >= 15 is 0 Å². The molecule has 7 heteroatoms. The standard InChI is InChI=1S/C12H13FN2O4/c1-7(16)14-5-4-11(17)15-8-2-3-10(13)9(6-8)12(18)19/h2-3,6H,4-5H2,1H3,(H,14,16)(H,15,17)(H,18,19). The van der Waals surface area contributed by atoms with Crippen LogP contribution in [-0.2, 0) is 9.59 Å². The predicted molar refractivity (Wildman–Crippen MR) is 65.3 cm³/mol. The van der Waals surface area contributed by atoms with Gasteiger partial charge in [0, 0.05) is 25.6 Å². The second-order valence-corrected chi connectivity index (χ2v) is 3.78. The van der Waals surface area contributed by atoms with Crippen molar-refractivity contribution in [2.24, 2.45) is 0 Å². The summed E-state index contributed by atoms with van der Waals surface area (Å²) in [5.74, 6) is -2.94. The highest BCUT2D eigenvalue weighted by Gasteiger charge is 2.12. The summed E-state index contributed by atoms with van der Waals surface area (Å²) >= 11 is 0. The van der Waals surface area contributed by atoms with Crippen LogP contribution in [0.1, 0.15) is 23.7 Å². The van der Waals surface area contributed by atoms with E-state index in [0.717, 1.165) is 12.1 Å². The molecule has 0 atom stereocenters. The second-order valence-electron chi connectivity index (χ2n) is 3.78. The molecule has 19 heavy (non-hydrogen) atoms. The lowest BCUT2D eigenvalue weighted by atomic mass is 10.2. The van der Waals surface area contributed by atoms with Gasteiger partial charge >= 0.3 is 5.97 Å². The zero-order valence-electron chi connectivity index (χ0n) is 10.2. The molecule has 6 nitrogen and oxygen atoms in total. The molecular weight excluding hydrogens is 255 g/mol. The first-order valence-corrected chi connectivity index (χ1v) is 5.47. The van der Waals surface area contributed by atoms with Gasteiger partial charge in [0.05, 0.1) is 5.56 Å². The summed E-state index contributed by atoms with van der Waals surface area (Å²) in [6, 6.07) is 3.26. The number of nitrogens with one attached hydrogen (secondary N) is 2. The van der Waals surface area contributed by atoms with E-state index in [2.05, 4.69) is 10.6 Å². The summed E-state index contributed by atoms with van der Waals surface area (Å²) in [6.45, 7) is 1.51. The SMILES string of the molecule is CC(=O)NCCC(=O)Nc1ccc(F)c(C(=O)O)c1. The smallest absolute Gasteiger partial charge is 0.338 e. The van der Waals surface area contributed by atoms with E-state index in [-0.39, 0.29) is 24.6 Å². The molecule has 0 aromatic heterocycles. The van der Waals surface area contributed by atoms with Crippen LogP contribution in [0.15, 0.2) is 18.2 Å². The molecule has 0 bridgehead atoms. The van der Waals surface area contributed by atoms with Crippen LogP contribution < -0.4 is 10.6 Å². The Labute approximate surface area is 108 Å². The van der Waals surface area contributed by atoms with Gasteiger partial charge in [0.25, 0.3) is 0 Å². The highest BCUT2D eigenvalue weighted by atomic mass is 19.1. The summed E-state index contributed by atoms with van der Waals surface area (Å²) in [5.41, 5.74) is -0.328. The summed E-state index contributed by atoms with van der Waals surface area (Å²) in [7, 11) is 0. The molecule has 0 heterocycles. The largest absolute Gasteiger partial charge is 0.478 e. The Morgan fingerprint density at radius 1 is 1.32 bits per heavy atom. The average Bonchev–Trinajstić information content (AvgIpc) is 2.30. The molecule has 0 aliphatic heterocycles. The first kappa shape index (κ1) is 14.6. The highest BCUT2D eigenvalue weighted by Crippen LogP contribution is 2.14. The summed E-state index contributed by atoms with van der Waals surface area (Å²) in [4.78, 5) is 32.8. The monoisotopic (exact) mass is 268 g/mol. The van der Waals surface area contributed by atoms with Crippen LogP contribution in [0.2, 0.25) is 0 Å². The van der Waals surface area contributed by atoms with Crippen LogP contribution in [-0.4, -0.2) is 29.4 Å². The molecule has 2 amide bonds. The zero-order valence-corrected chi connectivity index (χ0v) is 10.2. The Morgan fingerprint density at radius 2 is 2.00 bits per heavy atom. The van der Waals surface area contributed by atoms with Gasteiger partial charge in [-0.2, -0.15) is 0 Å². The highest BCUT2D eigenvalue weighted by molar-refractivity contribution is 5.94. The third-order valence-electron chi connectivity index (χ3n) is 2.21.